The molecule has 0 saturated carbocycles. The lowest BCUT2D eigenvalue weighted by molar-refractivity contribution is -0.409. The second-order valence-corrected chi connectivity index (χ2v) is 7.29. The van der Waals surface area contributed by atoms with Crippen LogP contribution >= 0.6 is 0 Å². The standard InChI is InChI=1S/C17H27NO3/c1-16(2,3)20-13-9-7-12(8-10-13)11-14(18)15(19)21-17(4,5)6/h7-10,14H,11,18H2,1-6H3/p+1/t14-/m0/s1. The van der Waals surface area contributed by atoms with E-state index in [-0.39, 0.29) is 11.6 Å². The molecule has 0 spiro atoms. The number of ether oxygens (including phenoxy) is 2. The third-order valence-electron chi connectivity index (χ3n) is 2.57. The number of carbonyl (C=O) groups excluding carboxylic acids is 1. The van der Waals surface area contributed by atoms with Crippen LogP contribution in [0.3, 0.4) is 0 Å². The van der Waals surface area contributed by atoms with Crippen LogP contribution in [0.2, 0.25) is 0 Å². The quantitative estimate of drug-likeness (QED) is 0.867. The van der Waals surface area contributed by atoms with Crippen LogP contribution in [0.5, 0.6) is 5.75 Å². The molecular formula is C17H28NO3+. The van der Waals surface area contributed by atoms with Crippen molar-refractivity contribution in [3.05, 3.63) is 29.8 Å². The maximum absolute atomic E-state index is 11.9. The Morgan fingerprint density at radius 2 is 1.57 bits per heavy atom. The SMILES string of the molecule is CC(C)(C)OC(=O)[C@@H]([NH3+])Cc1ccc(OC(C)(C)C)cc1. The molecule has 0 aliphatic carbocycles. The smallest absolute Gasteiger partial charge is 0.365 e. The molecule has 4 heteroatoms. The highest BCUT2D eigenvalue weighted by molar-refractivity contribution is 5.74. The summed E-state index contributed by atoms with van der Waals surface area (Å²) in [7, 11) is 0. The van der Waals surface area contributed by atoms with E-state index in [1.165, 1.54) is 0 Å². The molecule has 0 amide bonds. The first kappa shape index (κ1) is 17.5. The third-order valence-corrected chi connectivity index (χ3v) is 2.57. The average Bonchev–Trinajstić information content (AvgIpc) is 2.27. The molecule has 1 aromatic carbocycles. The average molecular weight is 294 g/mol. The van der Waals surface area contributed by atoms with Crippen molar-refractivity contribution in [2.75, 3.05) is 0 Å². The molecule has 0 saturated heterocycles. The molecule has 0 bridgehead atoms. The number of benzene rings is 1. The van der Waals surface area contributed by atoms with Gasteiger partial charge in [-0.15, -0.1) is 0 Å². The van der Waals surface area contributed by atoms with E-state index in [2.05, 4.69) is 5.73 Å². The molecule has 0 radical (unpaired) electrons. The zero-order chi connectivity index (χ0) is 16.3. The van der Waals surface area contributed by atoms with E-state index < -0.39 is 11.6 Å². The summed E-state index contributed by atoms with van der Waals surface area (Å²) in [5, 5.41) is 0. The summed E-state index contributed by atoms with van der Waals surface area (Å²) < 4.78 is 11.1. The Kier molecular flexibility index (Phi) is 5.40. The molecule has 0 heterocycles. The summed E-state index contributed by atoms with van der Waals surface area (Å²) in [6.07, 6.45) is 0.560. The van der Waals surface area contributed by atoms with Gasteiger partial charge in [-0.05, 0) is 59.2 Å². The molecule has 0 fully saturated rings. The van der Waals surface area contributed by atoms with Crippen molar-refractivity contribution in [1.82, 2.24) is 0 Å². The molecule has 0 aromatic heterocycles. The van der Waals surface area contributed by atoms with Crippen molar-refractivity contribution in [3.8, 4) is 5.75 Å². The van der Waals surface area contributed by atoms with Gasteiger partial charge in [0.05, 0.1) is 0 Å². The van der Waals surface area contributed by atoms with E-state index in [0.717, 1.165) is 11.3 Å². The number of hydrogen-bond donors (Lipinski definition) is 1. The Morgan fingerprint density at radius 1 is 1.05 bits per heavy atom. The first-order valence-electron chi connectivity index (χ1n) is 7.30. The second kappa shape index (κ2) is 6.48. The van der Waals surface area contributed by atoms with Gasteiger partial charge in [0.15, 0.2) is 6.04 Å². The fraction of sp³-hybridized carbons (Fsp3) is 0.588. The zero-order valence-corrected chi connectivity index (χ0v) is 14.0. The first-order chi connectivity index (χ1) is 9.46. The summed E-state index contributed by atoms with van der Waals surface area (Å²) in [6.45, 7) is 11.6. The van der Waals surface area contributed by atoms with Crippen LogP contribution in [-0.4, -0.2) is 23.2 Å². The Labute approximate surface area is 127 Å². The van der Waals surface area contributed by atoms with Crippen molar-refractivity contribution in [1.29, 1.82) is 0 Å². The van der Waals surface area contributed by atoms with E-state index in [1.54, 1.807) is 0 Å². The maximum atomic E-state index is 11.9. The Morgan fingerprint density at radius 3 is 2.00 bits per heavy atom. The van der Waals surface area contributed by atoms with Crippen LogP contribution in [-0.2, 0) is 16.0 Å². The van der Waals surface area contributed by atoms with Gasteiger partial charge in [-0.1, -0.05) is 12.1 Å². The summed E-state index contributed by atoms with van der Waals surface area (Å²) in [5.74, 6) is 0.557. The Balaban J connectivity index is 2.61. The van der Waals surface area contributed by atoms with Crippen LogP contribution < -0.4 is 10.5 Å². The van der Waals surface area contributed by atoms with Crippen LogP contribution in [0, 0.1) is 0 Å². The van der Waals surface area contributed by atoms with Gasteiger partial charge in [0.25, 0.3) is 0 Å². The van der Waals surface area contributed by atoms with Crippen LogP contribution in [0.25, 0.3) is 0 Å². The highest BCUT2D eigenvalue weighted by Gasteiger charge is 2.25. The molecule has 3 N–H and O–H groups in total. The minimum absolute atomic E-state index is 0.215. The molecule has 4 nitrogen and oxygen atoms in total. The lowest BCUT2D eigenvalue weighted by atomic mass is 10.1. The van der Waals surface area contributed by atoms with E-state index >= 15 is 0 Å². The fourth-order valence-corrected chi connectivity index (χ4v) is 1.80. The van der Waals surface area contributed by atoms with E-state index in [9.17, 15) is 4.79 Å². The van der Waals surface area contributed by atoms with Gasteiger partial charge in [0.2, 0.25) is 0 Å². The van der Waals surface area contributed by atoms with E-state index in [0.29, 0.717) is 6.42 Å². The van der Waals surface area contributed by atoms with E-state index in [1.807, 2.05) is 65.8 Å². The molecule has 1 atom stereocenters. The highest BCUT2D eigenvalue weighted by Crippen LogP contribution is 2.19. The Bertz CT molecular complexity index is 466. The van der Waals surface area contributed by atoms with Gasteiger partial charge >= 0.3 is 5.97 Å². The predicted molar refractivity (Wildman–Crippen MR) is 83.0 cm³/mol. The van der Waals surface area contributed by atoms with Gasteiger partial charge in [-0.2, -0.15) is 0 Å². The van der Waals surface area contributed by atoms with Gasteiger partial charge in [0.1, 0.15) is 17.0 Å². The van der Waals surface area contributed by atoms with Gasteiger partial charge < -0.3 is 15.2 Å². The molecule has 21 heavy (non-hydrogen) atoms. The van der Waals surface area contributed by atoms with Crippen molar-refractivity contribution >= 4 is 5.97 Å². The summed E-state index contributed by atoms with van der Waals surface area (Å²) in [4.78, 5) is 11.9. The third kappa shape index (κ3) is 7.14. The number of quaternary nitrogens is 1. The van der Waals surface area contributed by atoms with Crippen LogP contribution in [0.4, 0.5) is 0 Å². The minimum atomic E-state index is -0.475. The first-order valence-corrected chi connectivity index (χ1v) is 7.30. The van der Waals surface area contributed by atoms with Crippen molar-refractivity contribution in [3.63, 3.8) is 0 Å². The lowest BCUT2D eigenvalue weighted by Gasteiger charge is -2.22. The fourth-order valence-electron chi connectivity index (χ4n) is 1.80. The second-order valence-electron chi connectivity index (χ2n) is 7.29. The topological polar surface area (TPSA) is 63.2 Å². The van der Waals surface area contributed by atoms with E-state index in [4.69, 9.17) is 9.47 Å². The number of esters is 1. The normalized spacial score (nSPS) is 13.7. The van der Waals surface area contributed by atoms with Crippen LogP contribution in [0.15, 0.2) is 24.3 Å². The minimum Gasteiger partial charge on any atom is -0.488 e. The number of carbonyl (C=O) groups is 1. The molecule has 0 unspecified atom stereocenters. The lowest BCUT2D eigenvalue weighted by Crippen LogP contribution is -2.66. The highest BCUT2D eigenvalue weighted by atomic mass is 16.6. The maximum Gasteiger partial charge on any atom is 0.365 e. The molecular weight excluding hydrogens is 266 g/mol. The summed E-state index contributed by atoms with van der Waals surface area (Å²) in [6, 6.07) is 7.36. The van der Waals surface area contributed by atoms with Crippen molar-refractivity contribution in [2.45, 2.75) is 65.2 Å². The summed E-state index contributed by atoms with van der Waals surface area (Å²) >= 11 is 0. The predicted octanol–water partition coefficient (Wildman–Crippen LogP) is 2.36. The summed E-state index contributed by atoms with van der Waals surface area (Å²) in [5.41, 5.74) is 4.25. The molecule has 0 aliphatic heterocycles. The van der Waals surface area contributed by atoms with Gasteiger partial charge in [-0.3, -0.25) is 0 Å². The van der Waals surface area contributed by atoms with Gasteiger partial charge in [-0.25, -0.2) is 4.79 Å². The molecule has 0 aliphatic rings. The zero-order valence-electron chi connectivity index (χ0n) is 14.0. The molecule has 1 rings (SSSR count). The van der Waals surface area contributed by atoms with Crippen LogP contribution in [0.1, 0.15) is 47.1 Å². The van der Waals surface area contributed by atoms with Gasteiger partial charge in [0, 0.05) is 6.42 Å². The monoisotopic (exact) mass is 294 g/mol. The number of rotatable bonds is 4. The van der Waals surface area contributed by atoms with Crippen molar-refractivity contribution < 1.29 is 20.0 Å². The molecule has 1 aromatic rings. The van der Waals surface area contributed by atoms with Crippen molar-refractivity contribution in [2.24, 2.45) is 0 Å². The molecule has 118 valence electrons. The Hall–Kier alpha value is -1.55. The largest absolute Gasteiger partial charge is 0.488 e. The number of hydrogen-bond acceptors (Lipinski definition) is 3.